The lowest BCUT2D eigenvalue weighted by molar-refractivity contribution is -0.122. The summed E-state index contributed by atoms with van der Waals surface area (Å²) in [6.07, 6.45) is 3.93. The van der Waals surface area contributed by atoms with E-state index in [-0.39, 0.29) is 35.8 Å². The van der Waals surface area contributed by atoms with Crippen molar-refractivity contribution >= 4 is 41.7 Å². The molecule has 1 saturated carbocycles. The number of anilines is 1. The van der Waals surface area contributed by atoms with Gasteiger partial charge in [-0.1, -0.05) is 0 Å². The van der Waals surface area contributed by atoms with Gasteiger partial charge in [0, 0.05) is 57.9 Å². The van der Waals surface area contributed by atoms with E-state index in [0.29, 0.717) is 19.6 Å². The van der Waals surface area contributed by atoms with Crippen molar-refractivity contribution in [3.63, 3.8) is 0 Å². The minimum Gasteiger partial charge on any atom is -0.357 e. The van der Waals surface area contributed by atoms with Crippen LogP contribution in [0, 0.1) is 5.92 Å². The molecule has 0 radical (unpaired) electrons. The van der Waals surface area contributed by atoms with Crippen LogP contribution in [0.25, 0.3) is 0 Å². The molecule has 2 fully saturated rings. The summed E-state index contributed by atoms with van der Waals surface area (Å²) in [6.45, 7) is 8.85. The molecule has 9 heteroatoms. The first-order valence-corrected chi connectivity index (χ1v) is 10.3. The van der Waals surface area contributed by atoms with Gasteiger partial charge in [0.2, 0.25) is 5.91 Å². The van der Waals surface area contributed by atoms with Crippen molar-refractivity contribution in [3.8, 4) is 0 Å². The number of pyridine rings is 1. The molecular formula is C20H34IN7O. The van der Waals surface area contributed by atoms with Crippen LogP contribution in [0.1, 0.15) is 25.3 Å². The molecule has 3 rings (SSSR count). The predicted octanol–water partition coefficient (Wildman–Crippen LogP) is 1.03. The average Bonchev–Trinajstić information content (AvgIpc) is 3.55. The zero-order valence-electron chi connectivity index (χ0n) is 17.5. The normalized spacial score (nSPS) is 17.4. The van der Waals surface area contributed by atoms with Gasteiger partial charge < -0.3 is 25.8 Å². The number of nitrogens with one attached hydrogen (secondary N) is 3. The maximum Gasteiger partial charge on any atom is 0.223 e. The Morgan fingerprint density at radius 2 is 1.90 bits per heavy atom. The summed E-state index contributed by atoms with van der Waals surface area (Å²) in [5.41, 5.74) is 1.14. The van der Waals surface area contributed by atoms with Gasteiger partial charge in [0.25, 0.3) is 0 Å². The lowest BCUT2D eigenvalue weighted by Crippen LogP contribution is -2.44. The van der Waals surface area contributed by atoms with Crippen LogP contribution in [0.3, 0.4) is 0 Å². The van der Waals surface area contributed by atoms with Crippen LogP contribution in [0.2, 0.25) is 0 Å². The fourth-order valence-corrected chi connectivity index (χ4v) is 3.14. The third kappa shape index (κ3) is 7.96. The van der Waals surface area contributed by atoms with Gasteiger partial charge >= 0.3 is 0 Å². The van der Waals surface area contributed by atoms with E-state index >= 15 is 0 Å². The minimum atomic E-state index is 0. The zero-order valence-corrected chi connectivity index (χ0v) is 19.8. The first kappa shape index (κ1) is 23.7. The molecule has 0 spiro atoms. The Bertz CT molecular complexity index is 673. The number of rotatable bonds is 8. The van der Waals surface area contributed by atoms with E-state index in [9.17, 15) is 4.79 Å². The highest BCUT2D eigenvalue weighted by Gasteiger charge is 2.28. The number of piperazine rings is 1. The van der Waals surface area contributed by atoms with E-state index in [1.54, 1.807) is 0 Å². The van der Waals surface area contributed by atoms with Gasteiger partial charge in [0.15, 0.2) is 5.96 Å². The number of aliphatic imine (C=N–C) groups is 1. The molecule has 29 heavy (non-hydrogen) atoms. The molecule has 1 aliphatic carbocycles. The second-order valence-electron chi connectivity index (χ2n) is 7.50. The lowest BCUT2D eigenvalue weighted by Gasteiger charge is -2.33. The van der Waals surface area contributed by atoms with Gasteiger partial charge in [0.1, 0.15) is 5.82 Å². The van der Waals surface area contributed by atoms with Crippen molar-refractivity contribution in [2.75, 3.05) is 57.8 Å². The molecule has 0 aromatic carbocycles. The maximum atomic E-state index is 11.7. The number of halogens is 1. The van der Waals surface area contributed by atoms with E-state index in [2.05, 4.69) is 48.8 Å². The van der Waals surface area contributed by atoms with E-state index < -0.39 is 0 Å². The van der Waals surface area contributed by atoms with E-state index in [1.807, 2.05) is 19.2 Å². The number of amides is 1. The zero-order chi connectivity index (χ0) is 19.8. The first-order valence-electron chi connectivity index (χ1n) is 10.3. The number of aromatic nitrogens is 1. The largest absolute Gasteiger partial charge is 0.357 e. The van der Waals surface area contributed by atoms with Crippen molar-refractivity contribution in [2.24, 2.45) is 10.9 Å². The number of guanidine groups is 1. The van der Waals surface area contributed by atoms with Gasteiger partial charge in [-0.15, -0.1) is 24.0 Å². The summed E-state index contributed by atoms with van der Waals surface area (Å²) < 4.78 is 0. The van der Waals surface area contributed by atoms with Crippen LogP contribution in [0.15, 0.2) is 23.3 Å². The number of hydrogen-bond donors (Lipinski definition) is 3. The molecule has 0 bridgehead atoms. The Kier molecular flexibility index (Phi) is 9.92. The minimum absolute atomic E-state index is 0. The number of likely N-dealkylation sites (N-methyl/N-ethyl adjacent to an activating group) is 1. The average molecular weight is 515 g/mol. The van der Waals surface area contributed by atoms with E-state index in [4.69, 9.17) is 0 Å². The Labute approximate surface area is 190 Å². The van der Waals surface area contributed by atoms with Crippen LogP contribution >= 0.6 is 24.0 Å². The van der Waals surface area contributed by atoms with Crippen LogP contribution in [-0.4, -0.2) is 74.6 Å². The highest BCUT2D eigenvalue weighted by Crippen LogP contribution is 2.28. The number of hydrogen-bond acceptors (Lipinski definition) is 5. The Hall–Kier alpha value is -1.62. The molecule has 1 aromatic rings. The number of carbonyl (C=O) groups is 1. The standard InChI is InChI=1S/C20H33N7O.HI/c1-3-21-20(24-9-8-23-19(28)17-4-5-17)25-15-16-6-7-22-18(14-16)27-12-10-26(2)11-13-27;/h6-7,14,17H,3-5,8-13,15H2,1-2H3,(H,23,28)(H2,21,24,25);1H. The van der Waals surface area contributed by atoms with Gasteiger partial charge in [0.05, 0.1) is 6.54 Å². The van der Waals surface area contributed by atoms with Gasteiger partial charge in [-0.25, -0.2) is 9.98 Å². The highest BCUT2D eigenvalue weighted by molar-refractivity contribution is 14.0. The summed E-state index contributed by atoms with van der Waals surface area (Å²) in [6, 6.07) is 4.15. The summed E-state index contributed by atoms with van der Waals surface area (Å²) in [4.78, 5) is 25.6. The monoisotopic (exact) mass is 515 g/mol. The predicted molar refractivity (Wildman–Crippen MR) is 128 cm³/mol. The fourth-order valence-electron chi connectivity index (χ4n) is 3.14. The molecule has 2 aliphatic rings. The highest BCUT2D eigenvalue weighted by atomic mass is 127. The summed E-state index contributed by atoms with van der Waals surface area (Å²) in [5, 5.41) is 9.50. The number of carbonyl (C=O) groups excluding carboxylic acids is 1. The molecule has 0 atom stereocenters. The van der Waals surface area contributed by atoms with E-state index in [0.717, 1.165) is 62.9 Å². The molecule has 0 unspecified atom stereocenters. The summed E-state index contributed by atoms with van der Waals surface area (Å²) >= 11 is 0. The topological polar surface area (TPSA) is 84.9 Å². The molecule has 1 aliphatic heterocycles. The van der Waals surface area contributed by atoms with E-state index in [1.165, 1.54) is 0 Å². The third-order valence-electron chi connectivity index (χ3n) is 5.07. The van der Waals surface area contributed by atoms with Crippen LogP contribution in [0.5, 0.6) is 0 Å². The van der Waals surface area contributed by atoms with Crippen molar-refractivity contribution < 1.29 is 4.79 Å². The molecule has 1 saturated heterocycles. The van der Waals surface area contributed by atoms with Gasteiger partial charge in [-0.05, 0) is 44.5 Å². The molecule has 3 N–H and O–H groups in total. The van der Waals surface area contributed by atoms with Crippen LogP contribution in [0.4, 0.5) is 5.82 Å². The van der Waals surface area contributed by atoms with Crippen LogP contribution < -0.4 is 20.9 Å². The fraction of sp³-hybridized carbons (Fsp3) is 0.650. The second kappa shape index (κ2) is 12.2. The Morgan fingerprint density at radius 3 is 2.59 bits per heavy atom. The summed E-state index contributed by atoms with van der Waals surface area (Å²) in [5.74, 6) is 2.22. The van der Waals surface area contributed by atoms with Crippen molar-refractivity contribution in [1.82, 2.24) is 25.8 Å². The van der Waals surface area contributed by atoms with Crippen LogP contribution in [-0.2, 0) is 11.3 Å². The van der Waals surface area contributed by atoms with Crippen molar-refractivity contribution in [1.29, 1.82) is 0 Å². The second-order valence-corrected chi connectivity index (χ2v) is 7.50. The summed E-state index contributed by atoms with van der Waals surface area (Å²) in [7, 11) is 2.16. The van der Waals surface area contributed by atoms with Crippen molar-refractivity contribution in [3.05, 3.63) is 23.9 Å². The van der Waals surface area contributed by atoms with Crippen molar-refractivity contribution in [2.45, 2.75) is 26.3 Å². The quantitative estimate of drug-likeness (QED) is 0.208. The smallest absolute Gasteiger partial charge is 0.223 e. The maximum absolute atomic E-state index is 11.7. The molecule has 8 nitrogen and oxygen atoms in total. The molecule has 2 heterocycles. The molecule has 1 amide bonds. The molecular weight excluding hydrogens is 481 g/mol. The molecule has 162 valence electrons. The van der Waals surface area contributed by atoms with Gasteiger partial charge in [-0.2, -0.15) is 0 Å². The SMILES string of the molecule is CCNC(=NCc1ccnc(N2CCN(C)CC2)c1)NCCNC(=O)C1CC1.I. The van der Waals surface area contributed by atoms with Gasteiger partial charge in [-0.3, -0.25) is 4.79 Å². The first-order chi connectivity index (χ1) is 13.7. The number of nitrogens with zero attached hydrogens (tertiary/aromatic N) is 4. The lowest BCUT2D eigenvalue weighted by atomic mass is 10.2. The third-order valence-corrected chi connectivity index (χ3v) is 5.07. The Morgan fingerprint density at radius 1 is 1.17 bits per heavy atom. The molecule has 1 aromatic heterocycles. The Balaban J connectivity index is 0.00000300.